The number of Topliss-reactive ketones (excluding diaryl/α,β-unsaturated/α-hetero) is 2. The Morgan fingerprint density at radius 3 is 1.12 bits per heavy atom. The van der Waals surface area contributed by atoms with E-state index < -0.39 is 34.0 Å². The number of benzene rings is 1. The summed E-state index contributed by atoms with van der Waals surface area (Å²) in [5.41, 5.74) is 3.74. The summed E-state index contributed by atoms with van der Waals surface area (Å²) in [4.78, 5) is 50.2. The standard InChI is InChI=1S/C30H34O4/c1-28(2,3)21-11-17(19-13-22(29(4,5)6)26(33)24(31)15-19)10-18(12-21)20-14-23(30(7,8)9)27(34)25(32)16-20/h10-16H,1-9H3. The van der Waals surface area contributed by atoms with Gasteiger partial charge in [-0.3, -0.25) is 19.2 Å². The normalized spacial score (nSPS) is 17.9. The van der Waals surface area contributed by atoms with Gasteiger partial charge in [0.05, 0.1) is 0 Å². The Morgan fingerprint density at radius 1 is 0.471 bits per heavy atom. The third-order valence-electron chi connectivity index (χ3n) is 6.19. The van der Waals surface area contributed by atoms with E-state index in [1.807, 2.05) is 59.7 Å². The highest BCUT2D eigenvalue weighted by Crippen LogP contribution is 2.38. The van der Waals surface area contributed by atoms with Gasteiger partial charge in [-0.2, -0.15) is 0 Å². The molecule has 0 amide bonds. The molecule has 2 aliphatic rings. The average Bonchev–Trinajstić information content (AvgIpc) is 2.69. The molecule has 3 rings (SSSR count). The SMILES string of the molecule is CC(C)(C)C1=CC(c2cc(C3=CC(=O)C(=O)C(C(C)(C)C)=C3)cc(C(C)(C)C)c2)=CC(=O)C1=O. The highest BCUT2D eigenvalue weighted by Gasteiger charge is 2.33. The summed E-state index contributed by atoms with van der Waals surface area (Å²) in [5.74, 6) is -2.00. The first-order valence-electron chi connectivity index (χ1n) is 11.6. The monoisotopic (exact) mass is 458 g/mol. The maximum absolute atomic E-state index is 12.6. The molecule has 0 aromatic heterocycles. The Morgan fingerprint density at radius 2 is 0.824 bits per heavy atom. The molecule has 0 bridgehead atoms. The first-order chi connectivity index (χ1) is 15.4. The van der Waals surface area contributed by atoms with Crippen LogP contribution in [0.5, 0.6) is 0 Å². The summed E-state index contributed by atoms with van der Waals surface area (Å²) in [6.07, 6.45) is 6.39. The summed E-state index contributed by atoms with van der Waals surface area (Å²) in [7, 11) is 0. The molecule has 4 nitrogen and oxygen atoms in total. The second-order valence-electron chi connectivity index (χ2n) is 12.3. The van der Waals surface area contributed by atoms with Gasteiger partial charge in [0.2, 0.25) is 23.1 Å². The summed E-state index contributed by atoms with van der Waals surface area (Å²) < 4.78 is 0. The van der Waals surface area contributed by atoms with Gasteiger partial charge in [-0.1, -0.05) is 74.4 Å². The van der Waals surface area contributed by atoms with Crippen LogP contribution in [-0.4, -0.2) is 23.1 Å². The second-order valence-corrected chi connectivity index (χ2v) is 12.3. The van der Waals surface area contributed by atoms with Crippen LogP contribution in [0.3, 0.4) is 0 Å². The molecule has 0 spiro atoms. The van der Waals surface area contributed by atoms with Gasteiger partial charge < -0.3 is 0 Å². The smallest absolute Gasteiger partial charge is 0.229 e. The van der Waals surface area contributed by atoms with Crippen molar-refractivity contribution >= 4 is 34.3 Å². The molecule has 0 heterocycles. The molecule has 0 aliphatic heterocycles. The van der Waals surface area contributed by atoms with E-state index in [2.05, 4.69) is 20.8 Å². The van der Waals surface area contributed by atoms with E-state index in [1.54, 1.807) is 12.2 Å². The van der Waals surface area contributed by atoms with Crippen LogP contribution in [0.4, 0.5) is 0 Å². The van der Waals surface area contributed by atoms with Crippen molar-refractivity contribution < 1.29 is 19.2 Å². The van der Waals surface area contributed by atoms with Crippen LogP contribution in [0.25, 0.3) is 11.1 Å². The van der Waals surface area contributed by atoms with Crippen molar-refractivity contribution in [2.24, 2.45) is 10.8 Å². The van der Waals surface area contributed by atoms with Gasteiger partial charge in [0, 0.05) is 11.1 Å². The number of allylic oxidation sites excluding steroid dienone is 8. The van der Waals surface area contributed by atoms with Crippen molar-refractivity contribution in [1.82, 2.24) is 0 Å². The quantitative estimate of drug-likeness (QED) is 0.403. The second kappa shape index (κ2) is 8.26. The predicted octanol–water partition coefficient (Wildman–Crippen LogP) is 6.00. The van der Waals surface area contributed by atoms with Gasteiger partial charge in [0.1, 0.15) is 0 Å². The van der Waals surface area contributed by atoms with Gasteiger partial charge in [-0.05, 0) is 74.5 Å². The van der Waals surface area contributed by atoms with Gasteiger partial charge in [-0.15, -0.1) is 0 Å². The van der Waals surface area contributed by atoms with E-state index in [9.17, 15) is 19.2 Å². The largest absolute Gasteiger partial charge is 0.286 e. The molecular weight excluding hydrogens is 424 g/mol. The Hall–Kier alpha value is -3.14. The zero-order chi connectivity index (χ0) is 25.8. The number of rotatable bonds is 2. The highest BCUT2D eigenvalue weighted by molar-refractivity contribution is 6.50. The lowest BCUT2D eigenvalue weighted by molar-refractivity contribution is -0.132. The zero-order valence-corrected chi connectivity index (χ0v) is 21.7. The van der Waals surface area contributed by atoms with E-state index in [-0.39, 0.29) is 5.41 Å². The van der Waals surface area contributed by atoms with Crippen LogP contribution in [-0.2, 0) is 24.6 Å². The Balaban J connectivity index is 2.26. The number of hydrogen-bond donors (Lipinski definition) is 0. The molecule has 0 radical (unpaired) electrons. The molecule has 0 fully saturated rings. The fraction of sp³-hybridized carbons (Fsp3) is 0.400. The first-order valence-corrected chi connectivity index (χ1v) is 11.6. The molecule has 0 unspecified atom stereocenters. The van der Waals surface area contributed by atoms with E-state index in [0.717, 1.165) is 16.7 Å². The third kappa shape index (κ3) is 5.01. The molecule has 1 aromatic carbocycles. The number of ketones is 4. The maximum Gasteiger partial charge on any atom is 0.229 e. The lowest BCUT2D eigenvalue weighted by Gasteiger charge is -2.27. The molecule has 0 saturated carbocycles. The van der Waals surface area contributed by atoms with Crippen LogP contribution in [0, 0.1) is 10.8 Å². The lowest BCUT2D eigenvalue weighted by Crippen LogP contribution is -2.26. The Bertz CT molecular complexity index is 1150. The van der Waals surface area contributed by atoms with E-state index >= 15 is 0 Å². The van der Waals surface area contributed by atoms with Crippen LogP contribution in [0.15, 0.2) is 53.6 Å². The summed E-state index contributed by atoms with van der Waals surface area (Å²) in [5, 5.41) is 0. The third-order valence-corrected chi connectivity index (χ3v) is 6.19. The number of hydrogen-bond acceptors (Lipinski definition) is 4. The fourth-order valence-electron chi connectivity index (χ4n) is 4.05. The average molecular weight is 459 g/mol. The van der Waals surface area contributed by atoms with Crippen molar-refractivity contribution in [1.29, 1.82) is 0 Å². The molecule has 1 aromatic rings. The Labute approximate surface area is 202 Å². The van der Waals surface area contributed by atoms with Gasteiger partial charge >= 0.3 is 0 Å². The van der Waals surface area contributed by atoms with Gasteiger partial charge in [0.15, 0.2) is 0 Å². The van der Waals surface area contributed by atoms with Crippen molar-refractivity contribution in [3.05, 3.63) is 70.3 Å². The molecule has 178 valence electrons. The molecule has 0 saturated heterocycles. The summed E-state index contributed by atoms with van der Waals surface area (Å²) in [6.45, 7) is 17.8. The van der Waals surface area contributed by atoms with Crippen molar-refractivity contribution in [3.8, 4) is 0 Å². The first kappa shape index (κ1) is 25.5. The van der Waals surface area contributed by atoms with Gasteiger partial charge in [-0.25, -0.2) is 0 Å². The molecule has 0 atom stereocenters. The molecule has 4 heteroatoms. The Kier molecular flexibility index (Phi) is 6.19. The van der Waals surface area contributed by atoms with E-state index in [0.29, 0.717) is 22.3 Å². The highest BCUT2D eigenvalue weighted by atomic mass is 16.2. The molecule has 2 aliphatic carbocycles. The fourth-order valence-corrected chi connectivity index (χ4v) is 4.05. The number of carbonyl (C=O) groups is 4. The predicted molar refractivity (Wildman–Crippen MR) is 136 cm³/mol. The summed E-state index contributed by atoms with van der Waals surface area (Å²) in [6, 6.07) is 5.98. The molecule has 0 N–H and O–H groups in total. The van der Waals surface area contributed by atoms with Crippen LogP contribution in [0.2, 0.25) is 0 Å². The topological polar surface area (TPSA) is 68.3 Å². The van der Waals surface area contributed by atoms with Crippen LogP contribution >= 0.6 is 0 Å². The minimum atomic E-state index is -0.530. The van der Waals surface area contributed by atoms with E-state index in [4.69, 9.17) is 0 Å². The molecule has 34 heavy (non-hydrogen) atoms. The van der Waals surface area contributed by atoms with E-state index in [1.165, 1.54) is 12.2 Å². The minimum Gasteiger partial charge on any atom is -0.286 e. The van der Waals surface area contributed by atoms with Crippen molar-refractivity contribution in [3.63, 3.8) is 0 Å². The van der Waals surface area contributed by atoms with Crippen molar-refractivity contribution in [2.45, 2.75) is 67.7 Å². The van der Waals surface area contributed by atoms with Crippen molar-refractivity contribution in [2.75, 3.05) is 0 Å². The maximum atomic E-state index is 12.6. The number of carbonyl (C=O) groups excluding carboxylic acids is 4. The summed E-state index contributed by atoms with van der Waals surface area (Å²) >= 11 is 0. The van der Waals surface area contributed by atoms with Crippen LogP contribution < -0.4 is 0 Å². The van der Waals surface area contributed by atoms with Gasteiger partial charge in [0.25, 0.3) is 0 Å². The minimum absolute atomic E-state index is 0.206. The molecular formula is C30H34O4. The lowest BCUT2D eigenvalue weighted by atomic mass is 9.76. The zero-order valence-electron chi connectivity index (χ0n) is 21.7. The van der Waals surface area contributed by atoms with Crippen LogP contribution in [0.1, 0.15) is 79.0 Å².